The molecule has 20 heavy (non-hydrogen) atoms. The Kier molecular flexibility index (Phi) is 5.28. The van der Waals surface area contributed by atoms with E-state index in [4.69, 9.17) is 27.4 Å². The lowest BCUT2D eigenvalue weighted by Gasteiger charge is -2.31. The molecule has 1 fully saturated rings. The van der Waals surface area contributed by atoms with Crippen molar-refractivity contribution >= 4 is 17.2 Å². The fourth-order valence-corrected chi connectivity index (χ4v) is 2.31. The minimum Gasteiger partial charge on any atom is -0.491 e. The fourth-order valence-electron chi connectivity index (χ4n) is 2.14. The molecule has 1 heterocycles. The Morgan fingerprint density at radius 2 is 2.40 bits per heavy atom. The number of nitrogens with zero attached hydrogens (tertiary/aromatic N) is 1. The summed E-state index contributed by atoms with van der Waals surface area (Å²) in [5, 5.41) is 0. The number of hydrogen-bond acceptors (Lipinski definition) is 4. The minimum absolute atomic E-state index is 0.0158. The van der Waals surface area contributed by atoms with Crippen molar-refractivity contribution in [1.29, 1.82) is 0 Å². The average Bonchev–Trinajstić information content (AvgIpc) is 2.45. The molecular formula is C14H19FN2O2S. The highest BCUT2D eigenvalue weighted by atomic mass is 32.1. The lowest BCUT2D eigenvalue weighted by Crippen LogP contribution is -2.44. The van der Waals surface area contributed by atoms with Crippen LogP contribution in [0, 0.1) is 5.82 Å². The fraction of sp³-hybridized carbons (Fsp3) is 0.500. The maximum Gasteiger partial charge on any atom is 0.137 e. The van der Waals surface area contributed by atoms with Crippen molar-refractivity contribution in [3.8, 4) is 5.75 Å². The number of halogens is 1. The van der Waals surface area contributed by atoms with Gasteiger partial charge in [-0.05, 0) is 18.7 Å². The van der Waals surface area contributed by atoms with Gasteiger partial charge in [-0.1, -0.05) is 19.1 Å². The van der Waals surface area contributed by atoms with Gasteiger partial charge in [0, 0.05) is 24.7 Å². The van der Waals surface area contributed by atoms with E-state index in [2.05, 4.69) is 11.8 Å². The summed E-state index contributed by atoms with van der Waals surface area (Å²) in [5.41, 5.74) is 5.65. The first-order valence-electron chi connectivity index (χ1n) is 6.66. The molecule has 0 bridgehead atoms. The zero-order valence-corrected chi connectivity index (χ0v) is 12.3. The Bertz CT molecular complexity index is 484. The Labute approximate surface area is 123 Å². The van der Waals surface area contributed by atoms with Crippen molar-refractivity contribution in [3.05, 3.63) is 29.6 Å². The van der Waals surface area contributed by atoms with E-state index in [1.54, 1.807) is 6.07 Å². The standard InChI is InChI=1S/C14H19FN2O2S/c1-2-17-5-6-18-11(8-17)9-19-10-3-4-12(14(16)20)13(15)7-10/h3-4,7,11H,2,5-6,8-9H2,1H3,(H2,16,20). The van der Waals surface area contributed by atoms with Gasteiger partial charge in [-0.15, -0.1) is 0 Å². The highest BCUT2D eigenvalue weighted by molar-refractivity contribution is 7.80. The normalized spacial score (nSPS) is 19.8. The van der Waals surface area contributed by atoms with E-state index in [1.807, 2.05) is 0 Å². The summed E-state index contributed by atoms with van der Waals surface area (Å²) in [6.45, 7) is 6.01. The van der Waals surface area contributed by atoms with Gasteiger partial charge in [-0.2, -0.15) is 0 Å². The first-order chi connectivity index (χ1) is 9.60. The van der Waals surface area contributed by atoms with E-state index in [9.17, 15) is 4.39 Å². The van der Waals surface area contributed by atoms with Gasteiger partial charge in [0.05, 0.1) is 6.61 Å². The largest absolute Gasteiger partial charge is 0.491 e. The topological polar surface area (TPSA) is 47.7 Å². The van der Waals surface area contributed by atoms with Crippen molar-refractivity contribution in [2.24, 2.45) is 5.73 Å². The van der Waals surface area contributed by atoms with Crippen LogP contribution in [0.4, 0.5) is 4.39 Å². The Morgan fingerprint density at radius 3 is 3.05 bits per heavy atom. The summed E-state index contributed by atoms with van der Waals surface area (Å²) in [6, 6.07) is 4.50. The van der Waals surface area contributed by atoms with Crippen LogP contribution in [-0.2, 0) is 4.74 Å². The third-order valence-electron chi connectivity index (χ3n) is 3.31. The van der Waals surface area contributed by atoms with Gasteiger partial charge in [0.2, 0.25) is 0 Å². The number of nitrogens with two attached hydrogens (primary N) is 1. The zero-order chi connectivity index (χ0) is 14.5. The first-order valence-corrected chi connectivity index (χ1v) is 7.07. The number of hydrogen-bond donors (Lipinski definition) is 1. The SMILES string of the molecule is CCN1CCOC(COc2ccc(C(N)=S)c(F)c2)C1. The second-order valence-corrected chi connectivity index (χ2v) is 5.14. The molecular weight excluding hydrogens is 279 g/mol. The van der Waals surface area contributed by atoms with Crippen molar-refractivity contribution < 1.29 is 13.9 Å². The van der Waals surface area contributed by atoms with Gasteiger partial charge < -0.3 is 15.2 Å². The van der Waals surface area contributed by atoms with Crippen molar-refractivity contribution in [2.45, 2.75) is 13.0 Å². The van der Waals surface area contributed by atoms with Crippen LogP contribution in [0.15, 0.2) is 18.2 Å². The van der Waals surface area contributed by atoms with Crippen molar-refractivity contribution in [2.75, 3.05) is 32.8 Å². The number of thiocarbonyl (C=S) groups is 1. The number of morpholine rings is 1. The van der Waals surface area contributed by atoms with Crippen LogP contribution >= 0.6 is 12.2 Å². The van der Waals surface area contributed by atoms with Crippen molar-refractivity contribution in [1.82, 2.24) is 4.90 Å². The monoisotopic (exact) mass is 298 g/mol. The summed E-state index contributed by atoms with van der Waals surface area (Å²) < 4.78 is 24.9. The number of rotatable bonds is 5. The molecule has 1 aromatic rings. The maximum atomic E-state index is 13.7. The Balaban J connectivity index is 1.91. The van der Waals surface area contributed by atoms with Crippen LogP contribution in [0.3, 0.4) is 0 Å². The van der Waals surface area contributed by atoms with E-state index < -0.39 is 5.82 Å². The van der Waals surface area contributed by atoms with Crippen molar-refractivity contribution in [3.63, 3.8) is 0 Å². The zero-order valence-electron chi connectivity index (χ0n) is 11.5. The smallest absolute Gasteiger partial charge is 0.137 e. The predicted octanol–water partition coefficient (Wildman–Crippen LogP) is 1.56. The molecule has 0 amide bonds. The molecule has 1 unspecified atom stereocenters. The third kappa shape index (κ3) is 3.88. The summed E-state index contributed by atoms with van der Waals surface area (Å²) >= 11 is 4.76. The molecule has 0 saturated carbocycles. The van der Waals surface area contributed by atoms with E-state index in [1.165, 1.54) is 12.1 Å². The maximum absolute atomic E-state index is 13.7. The van der Waals surface area contributed by atoms with Crippen LogP contribution in [0.1, 0.15) is 12.5 Å². The van der Waals surface area contributed by atoms with Gasteiger partial charge in [0.1, 0.15) is 29.3 Å². The number of benzene rings is 1. The van der Waals surface area contributed by atoms with Crippen LogP contribution in [-0.4, -0.2) is 48.8 Å². The molecule has 1 aromatic carbocycles. The highest BCUT2D eigenvalue weighted by Gasteiger charge is 2.20. The van der Waals surface area contributed by atoms with Gasteiger partial charge >= 0.3 is 0 Å². The molecule has 0 aliphatic carbocycles. The number of ether oxygens (including phenoxy) is 2. The second kappa shape index (κ2) is 6.97. The summed E-state index contributed by atoms with van der Waals surface area (Å²) in [4.78, 5) is 2.34. The molecule has 1 atom stereocenters. The lowest BCUT2D eigenvalue weighted by atomic mass is 10.2. The van der Waals surface area contributed by atoms with E-state index >= 15 is 0 Å². The lowest BCUT2D eigenvalue weighted by molar-refractivity contribution is -0.0464. The van der Waals surface area contributed by atoms with E-state index in [0.717, 1.165) is 19.6 Å². The molecule has 0 radical (unpaired) electrons. The van der Waals surface area contributed by atoms with Crippen LogP contribution in [0.25, 0.3) is 0 Å². The van der Waals surface area contributed by atoms with Gasteiger partial charge in [-0.3, -0.25) is 4.90 Å². The molecule has 2 N–H and O–H groups in total. The first kappa shape index (κ1) is 15.2. The van der Waals surface area contributed by atoms with Crippen LogP contribution < -0.4 is 10.5 Å². The minimum atomic E-state index is -0.463. The Morgan fingerprint density at radius 1 is 1.60 bits per heavy atom. The molecule has 4 nitrogen and oxygen atoms in total. The quantitative estimate of drug-likeness (QED) is 0.836. The highest BCUT2D eigenvalue weighted by Crippen LogP contribution is 2.17. The van der Waals surface area contributed by atoms with Gasteiger partial charge in [0.25, 0.3) is 0 Å². The molecule has 0 spiro atoms. The summed E-state index contributed by atoms with van der Waals surface area (Å²) in [5.74, 6) is -0.00512. The third-order valence-corrected chi connectivity index (χ3v) is 3.53. The molecule has 1 aliphatic rings. The number of likely N-dealkylation sites (N-methyl/N-ethyl adjacent to an activating group) is 1. The molecule has 1 aliphatic heterocycles. The molecule has 2 rings (SSSR count). The van der Waals surface area contributed by atoms with Crippen LogP contribution in [0.5, 0.6) is 5.75 Å². The second-order valence-electron chi connectivity index (χ2n) is 4.70. The van der Waals surface area contributed by atoms with E-state index in [-0.39, 0.29) is 16.7 Å². The molecule has 110 valence electrons. The molecule has 0 aromatic heterocycles. The van der Waals surface area contributed by atoms with Gasteiger partial charge in [-0.25, -0.2) is 4.39 Å². The molecule has 6 heteroatoms. The molecule has 1 saturated heterocycles. The Hall–Kier alpha value is -1.24. The predicted molar refractivity (Wildman–Crippen MR) is 79.6 cm³/mol. The summed E-state index contributed by atoms with van der Waals surface area (Å²) in [7, 11) is 0. The summed E-state index contributed by atoms with van der Waals surface area (Å²) in [6.07, 6.45) is 0.0158. The van der Waals surface area contributed by atoms with Crippen LogP contribution in [0.2, 0.25) is 0 Å². The van der Waals surface area contributed by atoms with E-state index in [0.29, 0.717) is 19.0 Å². The van der Waals surface area contributed by atoms with Gasteiger partial charge in [0.15, 0.2) is 0 Å². The average molecular weight is 298 g/mol.